The first kappa shape index (κ1) is 12.9. The number of thiophene rings is 1. The summed E-state index contributed by atoms with van der Waals surface area (Å²) in [5.41, 5.74) is 3.77. The van der Waals surface area contributed by atoms with Gasteiger partial charge in [0.15, 0.2) is 0 Å². The molecule has 0 spiro atoms. The largest absolute Gasteiger partial charge is 0.495 e. The van der Waals surface area contributed by atoms with Crippen molar-refractivity contribution in [3.05, 3.63) is 66.2 Å². The van der Waals surface area contributed by atoms with Gasteiger partial charge < -0.3 is 4.74 Å². The number of hydrogen-bond donors (Lipinski definition) is 0. The average molecular weight is 280 g/mol. The SMILES string of the molecule is COc1cc(-c2ccccc2C)sc1-c1ccccc1. The molecule has 3 aromatic rings. The van der Waals surface area contributed by atoms with Crippen LogP contribution in [0.3, 0.4) is 0 Å². The molecular weight excluding hydrogens is 264 g/mol. The van der Waals surface area contributed by atoms with Crippen molar-refractivity contribution >= 4 is 11.3 Å². The first-order valence-electron chi connectivity index (χ1n) is 6.59. The van der Waals surface area contributed by atoms with Crippen molar-refractivity contribution in [1.82, 2.24) is 0 Å². The summed E-state index contributed by atoms with van der Waals surface area (Å²) >= 11 is 1.78. The monoisotopic (exact) mass is 280 g/mol. The Hall–Kier alpha value is -2.06. The summed E-state index contributed by atoms with van der Waals surface area (Å²) in [6.45, 7) is 2.14. The van der Waals surface area contributed by atoms with E-state index in [1.165, 1.54) is 26.4 Å². The predicted molar refractivity (Wildman–Crippen MR) is 86.5 cm³/mol. The van der Waals surface area contributed by atoms with E-state index in [0.717, 1.165) is 5.75 Å². The maximum Gasteiger partial charge on any atom is 0.138 e. The number of benzene rings is 2. The summed E-state index contributed by atoms with van der Waals surface area (Å²) in [6.07, 6.45) is 0. The quantitative estimate of drug-likeness (QED) is 0.624. The van der Waals surface area contributed by atoms with Crippen molar-refractivity contribution in [2.45, 2.75) is 6.92 Å². The summed E-state index contributed by atoms with van der Waals surface area (Å²) in [6, 6.07) is 21.0. The third-order valence-corrected chi connectivity index (χ3v) is 4.56. The highest BCUT2D eigenvalue weighted by molar-refractivity contribution is 7.19. The fourth-order valence-electron chi connectivity index (χ4n) is 2.30. The van der Waals surface area contributed by atoms with Crippen LogP contribution < -0.4 is 4.74 Å². The van der Waals surface area contributed by atoms with Crippen LogP contribution >= 0.6 is 11.3 Å². The van der Waals surface area contributed by atoms with Gasteiger partial charge in [-0.25, -0.2) is 0 Å². The van der Waals surface area contributed by atoms with Gasteiger partial charge in [-0.05, 0) is 29.7 Å². The summed E-state index contributed by atoms with van der Waals surface area (Å²) in [4.78, 5) is 2.44. The van der Waals surface area contributed by atoms with E-state index in [2.05, 4.69) is 61.5 Å². The van der Waals surface area contributed by atoms with Crippen LogP contribution in [0.2, 0.25) is 0 Å². The van der Waals surface area contributed by atoms with Crippen molar-refractivity contribution in [1.29, 1.82) is 0 Å². The van der Waals surface area contributed by atoms with E-state index in [1.54, 1.807) is 18.4 Å². The molecule has 0 saturated carbocycles. The Morgan fingerprint density at radius 2 is 1.60 bits per heavy atom. The molecule has 1 heterocycles. The topological polar surface area (TPSA) is 9.23 Å². The molecule has 0 radical (unpaired) electrons. The first-order valence-corrected chi connectivity index (χ1v) is 7.40. The molecule has 0 saturated heterocycles. The Bertz CT molecular complexity index is 713. The van der Waals surface area contributed by atoms with Crippen molar-refractivity contribution in [3.63, 3.8) is 0 Å². The fourth-order valence-corrected chi connectivity index (χ4v) is 3.52. The van der Waals surface area contributed by atoms with E-state index < -0.39 is 0 Å². The number of ether oxygens (including phenoxy) is 1. The molecule has 3 rings (SSSR count). The highest BCUT2D eigenvalue weighted by atomic mass is 32.1. The number of aryl methyl sites for hydroxylation is 1. The Morgan fingerprint density at radius 1 is 0.900 bits per heavy atom. The molecule has 100 valence electrons. The molecular formula is C18H16OS. The lowest BCUT2D eigenvalue weighted by Gasteiger charge is -2.01. The number of hydrogen-bond acceptors (Lipinski definition) is 2. The summed E-state index contributed by atoms with van der Waals surface area (Å²) in [5, 5.41) is 0. The molecule has 2 aromatic carbocycles. The van der Waals surface area contributed by atoms with Gasteiger partial charge in [-0.1, -0.05) is 54.6 Å². The third kappa shape index (κ3) is 2.35. The zero-order valence-corrected chi connectivity index (χ0v) is 12.4. The lowest BCUT2D eigenvalue weighted by Crippen LogP contribution is -1.81. The normalized spacial score (nSPS) is 10.5. The van der Waals surface area contributed by atoms with Gasteiger partial charge in [0.05, 0.1) is 12.0 Å². The van der Waals surface area contributed by atoms with Gasteiger partial charge in [0.2, 0.25) is 0 Å². The van der Waals surface area contributed by atoms with Crippen molar-refractivity contribution in [3.8, 4) is 26.6 Å². The molecule has 0 bridgehead atoms. The molecule has 20 heavy (non-hydrogen) atoms. The number of methoxy groups -OCH3 is 1. The molecule has 0 amide bonds. The average Bonchev–Trinajstić information content (AvgIpc) is 2.92. The smallest absolute Gasteiger partial charge is 0.138 e. The van der Waals surface area contributed by atoms with Crippen molar-refractivity contribution < 1.29 is 4.74 Å². The molecule has 1 aromatic heterocycles. The molecule has 0 atom stereocenters. The van der Waals surface area contributed by atoms with E-state index in [-0.39, 0.29) is 0 Å². The molecule has 2 heteroatoms. The second-order valence-electron chi connectivity index (χ2n) is 4.69. The molecule has 0 aliphatic rings. The molecule has 1 nitrogen and oxygen atoms in total. The Kier molecular flexibility index (Phi) is 3.57. The molecule has 0 fully saturated rings. The van der Waals surface area contributed by atoms with Crippen LogP contribution in [0.1, 0.15) is 5.56 Å². The van der Waals surface area contributed by atoms with Crippen molar-refractivity contribution in [2.75, 3.05) is 7.11 Å². The Balaban J connectivity index is 2.13. The predicted octanol–water partition coefficient (Wildman–Crippen LogP) is 5.40. The van der Waals surface area contributed by atoms with E-state index in [1.807, 2.05) is 6.07 Å². The van der Waals surface area contributed by atoms with Gasteiger partial charge in [0.25, 0.3) is 0 Å². The van der Waals surface area contributed by atoms with Crippen LogP contribution in [0.5, 0.6) is 5.75 Å². The highest BCUT2D eigenvalue weighted by Crippen LogP contribution is 2.43. The standard InChI is InChI=1S/C18H16OS/c1-13-8-6-7-11-15(13)17-12-16(19-2)18(20-17)14-9-4-3-5-10-14/h3-12H,1-2H3. The number of rotatable bonds is 3. The highest BCUT2D eigenvalue weighted by Gasteiger charge is 2.13. The Morgan fingerprint density at radius 3 is 2.30 bits per heavy atom. The van der Waals surface area contributed by atoms with Crippen LogP contribution in [-0.4, -0.2) is 7.11 Å². The zero-order valence-electron chi connectivity index (χ0n) is 11.6. The summed E-state index contributed by atoms with van der Waals surface area (Å²) in [5.74, 6) is 0.944. The second kappa shape index (κ2) is 5.51. The van der Waals surface area contributed by atoms with Gasteiger partial charge in [-0.15, -0.1) is 11.3 Å². The maximum absolute atomic E-state index is 5.55. The van der Waals surface area contributed by atoms with Gasteiger partial charge in [0.1, 0.15) is 5.75 Å². The van der Waals surface area contributed by atoms with Gasteiger partial charge >= 0.3 is 0 Å². The van der Waals surface area contributed by atoms with Gasteiger partial charge in [0, 0.05) is 4.88 Å². The second-order valence-corrected chi connectivity index (χ2v) is 5.74. The van der Waals surface area contributed by atoms with Crippen molar-refractivity contribution in [2.24, 2.45) is 0 Å². The maximum atomic E-state index is 5.55. The van der Waals surface area contributed by atoms with Crippen LogP contribution in [0.4, 0.5) is 0 Å². The minimum Gasteiger partial charge on any atom is -0.495 e. The lowest BCUT2D eigenvalue weighted by molar-refractivity contribution is 0.418. The van der Waals surface area contributed by atoms with Gasteiger partial charge in [-0.3, -0.25) is 0 Å². The molecule has 0 N–H and O–H groups in total. The third-order valence-electron chi connectivity index (χ3n) is 3.36. The first-order chi connectivity index (χ1) is 9.79. The summed E-state index contributed by atoms with van der Waals surface area (Å²) in [7, 11) is 1.73. The van der Waals surface area contributed by atoms with Crippen LogP contribution in [0.15, 0.2) is 60.7 Å². The fraction of sp³-hybridized carbons (Fsp3) is 0.111. The minimum absolute atomic E-state index is 0.944. The lowest BCUT2D eigenvalue weighted by atomic mass is 10.1. The molecule has 0 unspecified atom stereocenters. The summed E-state index contributed by atoms with van der Waals surface area (Å²) < 4.78 is 5.55. The van der Waals surface area contributed by atoms with Crippen LogP contribution in [0, 0.1) is 6.92 Å². The van der Waals surface area contributed by atoms with E-state index >= 15 is 0 Å². The zero-order chi connectivity index (χ0) is 13.9. The molecule has 0 aliphatic heterocycles. The van der Waals surface area contributed by atoms with E-state index in [9.17, 15) is 0 Å². The van der Waals surface area contributed by atoms with E-state index in [4.69, 9.17) is 4.74 Å². The van der Waals surface area contributed by atoms with E-state index in [0.29, 0.717) is 0 Å². The molecule has 0 aliphatic carbocycles. The minimum atomic E-state index is 0.944. The van der Waals surface area contributed by atoms with Crippen LogP contribution in [-0.2, 0) is 0 Å². The van der Waals surface area contributed by atoms with Gasteiger partial charge in [-0.2, -0.15) is 0 Å². The Labute approximate surface area is 123 Å². The van der Waals surface area contributed by atoms with Crippen LogP contribution in [0.25, 0.3) is 20.9 Å².